The minimum Gasteiger partial charge on any atom is -0.441 e. The smallest absolute Gasteiger partial charge is 0.224 e. The molecule has 3 rings (SSSR count). The first-order chi connectivity index (χ1) is 13.1. The molecule has 6 heteroatoms. The lowest BCUT2D eigenvalue weighted by Crippen LogP contribution is -2.19. The number of oxazole rings is 1. The quantitative estimate of drug-likeness (QED) is 0.675. The Hall–Kier alpha value is -3.41. The molecule has 0 aliphatic heterocycles. The zero-order valence-corrected chi connectivity index (χ0v) is 15.1. The fourth-order valence-electron chi connectivity index (χ4n) is 2.59. The average molecular weight is 363 g/mol. The standard InChI is InChI=1S/C21H21N3O3/c1-22-20(26)13-15-7-9-17(10-8-15)24-19(25)11-12-21-23-14-18(27-21)16-5-3-2-4-6-16/h2-10,14H,11-13H2,1H3,(H,22,26)(H,24,25). The molecule has 0 saturated heterocycles. The molecule has 3 aromatic rings. The van der Waals surface area contributed by atoms with Crippen molar-refractivity contribution < 1.29 is 14.0 Å². The van der Waals surface area contributed by atoms with Crippen LogP contribution in [-0.2, 0) is 22.4 Å². The van der Waals surface area contributed by atoms with Crippen LogP contribution in [0.1, 0.15) is 17.9 Å². The monoisotopic (exact) mass is 363 g/mol. The van der Waals surface area contributed by atoms with Gasteiger partial charge < -0.3 is 15.1 Å². The molecule has 0 bridgehead atoms. The van der Waals surface area contributed by atoms with Crippen molar-refractivity contribution in [2.24, 2.45) is 0 Å². The number of nitrogens with zero attached hydrogens (tertiary/aromatic N) is 1. The number of likely N-dealkylation sites (N-methyl/N-ethyl adjacent to an activating group) is 1. The zero-order chi connectivity index (χ0) is 19.1. The highest BCUT2D eigenvalue weighted by Crippen LogP contribution is 2.20. The minimum atomic E-state index is -0.117. The van der Waals surface area contributed by atoms with E-state index in [0.29, 0.717) is 30.2 Å². The molecule has 2 N–H and O–H groups in total. The Morgan fingerprint density at radius 1 is 1.00 bits per heavy atom. The molecular weight excluding hydrogens is 342 g/mol. The zero-order valence-electron chi connectivity index (χ0n) is 15.1. The molecule has 0 aliphatic rings. The number of aromatic nitrogens is 1. The first-order valence-corrected chi connectivity index (χ1v) is 8.73. The summed E-state index contributed by atoms with van der Waals surface area (Å²) in [7, 11) is 1.60. The molecule has 0 spiro atoms. The van der Waals surface area contributed by atoms with E-state index in [1.807, 2.05) is 42.5 Å². The fourth-order valence-corrected chi connectivity index (χ4v) is 2.59. The molecule has 0 saturated carbocycles. The van der Waals surface area contributed by atoms with Crippen molar-refractivity contribution in [2.45, 2.75) is 19.3 Å². The number of hydrogen-bond donors (Lipinski definition) is 2. The number of carbonyl (C=O) groups is 2. The number of nitrogens with one attached hydrogen (secondary N) is 2. The predicted molar refractivity (Wildman–Crippen MR) is 103 cm³/mol. The van der Waals surface area contributed by atoms with E-state index < -0.39 is 0 Å². The lowest BCUT2D eigenvalue weighted by molar-refractivity contribution is -0.120. The van der Waals surface area contributed by atoms with E-state index in [1.54, 1.807) is 25.4 Å². The van der Waals surface area contributed by atoms with Crippen LogP contribution in [0.15, 0.2) is 65.2 Å². The Morgan fingerprint density at radius 2 is 1.74 bits per heavy atom. The van der Waals surface area contributed by atoms with Crippen LogP contribution in [0.4, 0.5) is 5.69 Å². The second kappa shape index (κ2) is 8.80. The lowest BCUT2D eigenvalue weighted by Gasteiger charge is -2.06. The molecule has 27 heavy (non-hydrogen) atoms. The summed E-state index contributed by atoms with van der Waals surface area (Å²) in [6.07, 6.45) is 2.69. The van der Waals surface area contributed by atoms with Crippen molar-refractivity contribution in [1.82, 2.24) is 10.3 Å². The largest absolute Gasteiger partial charge is 0.441 e. The van der Waals surface area contributed by atoms with Gasteiger partial charge >= 0.3 is 0 Å². The van der Waals surface area contributed by atoms with Crippen molar-refractivity contribution in [2.75, 3.05) is 12.4 Å². The van der Waals surface area contributed by atoms with Crippen molar-refractivity contribution in [1.29, 1.82) is 0 Å². The van der Waals surface area contributed by atoms with E-state index >= 15 is 0 Å². The van der Waals surface area contributed by atoms with Crippen molar-refractivity contribution in [3.8, 4) is 11.3 Å². The molecule has 0 unspecified atom stereocenters. The summed E-state index contributed by atoms with van der Waals surface area (Å²) >= 11 is 0. The van der Waals surface area contributed by atoms with E-state index in [1.165, 1.54) is 0 Å². The normalized spacial score (nSPS) is 10.4. The van der Waals surface area contributed by atoms with Gasteiger partial charge in [-0.15, -0.1) is 0 Å². The first-order valence-electron chi connectivity index (χ1n) is 8.73. The van der Waals surface area contributed by atoms with Crippen LogP contribution in [0.3, 0.4) is 0 Å². The summed E-state index contributed by atoms with van der Waals surface area (Å²) in [6.45, 7) is 0. The van der Waals surface area contributed by atoms with Gasteiger partial charge in [-0.1, -0.05) is 42.5 Å². The summed E-state index contributed by atoms with van der Waals surface area (Å²) in [5.41, 5.74) is 2.54. The Kier molecular flexibility index (Phi) is 5.99. The molecule has 1 aromatic heterocycles. The van der Waals surface area contributed by atoms with Gasteiger partial charge in [0.1, 0.15) is 0 Å². The summed E-state index contributed by atoms with van der Waals surface area (Å²) in [5.74, 6) is 1.06. The lowest BCUT2D eigenvalue weighted by atomic mass is 10.1. The van der Waals surface area contributed by atoms with Gasteiger partial charge in [0, 0.05) is 31.1 Å². The first kappa shape index (κ1) is 18.4. The number of hydrogen-bond acceptors (Lipinski definition) is 4. The molecule has 0 atom stereocenters. The van der Waals surface area contributed by atoms with Gasteiger partial charge in [0.15, 0.2) is 11.7 Å². The Balaban J connectivity index is 1.50. The number of carbonyl (C=O) groups excluding carboxylic acids is 2. The molecule has 6 nitrogen and oxygen atoms in total. The summed E-state index contributed by atoms with van der Waals surface area (Å²) in [6, 6.07) is 16.9. The number of amides is 2. The van der Waals surface area contributed by atoms with E-state index in [4.69, 9.17) is 4.42 Å². The number of benzene rings is 2. The van der Waals surface area contributed by atoms with Crippen LogP contribution in [0.25, 0.3) is 11.3 Å². The third kappa shape index (κ3) is 5.28. The van der Waals surface area contributed by atoms with E-state index in [0.717, 1.165) is 11.1 Å². The highest BCUT2D eigenvalue weighted by atomic mass is 16.4. The van der Waals surface area contributed by atoms with Gasteiger partial charge in [-0.2, -0.15) is 0 Å². The van der Waals surface area contributed by atoms with Crippen molar-refractivity contribution in [3.05, 3.63) is 72.2 Å². The maximum atomic E-state index is 12.1. The third-order valence-corrected chi connectivity index (χ3v) is 4.06. The van der Waals surface area contributed by atoms with Gasteiger partial charge in [-0.05, 0) is 17.7 Å². The third-order valence-electron chi connectivity index (χ3n) is 4.06. The number of rotatable bonds is 7. The highest BCUT2D eigenvalue weighted by Gasteiger charge is 2.09. The summed E-state index contributed by atoms with van der Waals surface area (Å²) in [5, 5.41) is 5.42. The molecule has 2 amide bonds. The topological polar surface area (TPSA) is 84.2 Å². The maximum Gasteiger partial charge on any atom is 0.224 e. The molecule has 2 aromatic carbocycles. The maximum absolute atomic E-state index is 12.1. The molecule has 138 valence electrons. The van der Waals surface area contributed by atoms with Crippen LogP contribution < -0.4 is 10.6 Å². The van der Waals surface area contributed by atoms with Gasteiger partial charge in [-0.3, -0.25) is 9.59 Å². The molecule has 0 aliphatic carbocycles. The predicted octanol–water partition coefficient (Wildman–Crippen LogP) is 3.20. The van der Waals surface area contributed by atoms with Crippen LogP contribution in [0, 0.1) is 0 Å². The average Bonchev–Trinajstić information content (AvgIpc) is 3.17. The van der Waals surface area contributed by atoms with Gasteiger partial charge in [0.05, 0.1) is 12.6 Å². The van der Waals surface area contributed by atoms with Crippen LogP contribution in [0.5, 0.6) is 0 Å². The van der Waals surface area contributed by atoms with Crippen molar-refractivity contribution in [3.63, 3.8) is 0 Å². The van der Waals surface area contributed by atoms with E-state index in [2.05, 4.69) is 15.6 Å². The van der Waals surface area contributed by atoms with Crippen LogP contribution in [0.2, 0.25) is 0 Å². The van der Waals surface area contributed by atoms with Gasteiger partial charge in [-0.25, -0.2) is 4.98 Å². The Bertz CT molecular complexity index is 902. The fraction of sp³-hybridized carbons (Fsp3) is 0.190. The molecule has 0 fully saturated rings. The minimum absolute atomic E-state index is 0.0485. The number of aryl methyl sites for hydroxylation is 1. The Morgan fingerprint density at radius 3 is 2.44 bits per heavy atom. The van der Waals surface area contributed by atoms with Crippen LogP contribution in [-0.4, -0.2) is 23.8 Å². The van der Waals surface area contributed by atoms with Gasteiger partial charge in [0.2, 0.25) is 11.8 Å². The highest BCUT2D eigenvalue weighted by molar-refractivity contribution is 5.90. The van der Waals surface area contributed by atoms with Gasteiger partial charge in [0.25, 0.3) is 0 Å². The van der Waals surface area contributed by atoms with Crippen molar-refractivity contribution >= 4 is 17.5 Å². The molecular formula is C21H21N3O3. The second-order valence-electron chi connectivity index (χ2n) is 6.08. The van der Waals surface area contributed by atoms with Crippen LogP contribution >= 0.6 is 0 Å². The Labute approximate surface area is 157 Å². The molecule has 0 radical (unpaired) electrons. The van der Waals surface area contributed by atoms with E-state index in [-0.39, 0.29) is 18.2 Å². The molecule has 1 heterocycles. The number of anilines is 1. The summed E-state index contributed by atoms with van der Waals surface area (Å²) in [4.78, 5) is 27.7. The van der Waals surface area contributed by atoms with E-state index in [9.17, 15) is 9.59 Å². The summed E-state index contributed by atoms with van der Waals surface area (Å²) < 4.78 is 5.70. The SMILES string of the molecule is CNC(=O)Cc1ccc(NC(=O)CCc2ncc(-c3ccccc3)o2)cc1. The second-order valence-corrected chi connectivity index (χ2v) is 6.08.